The highest BCUT2D eigenvalue weighted by atomic mass is 16.6. The number of rotatable bonds is 6. The molecule has 11 heteroatoms. The molecule has 0 saturated carbocycles. The predicted molar refractivity (Wildman–Crippen MR) is 91.5 cm³/mol. The Bertz CT molecular complexity index is 1000. The predicted octanol–water partition coefficient (Wildman–Crippen LogP) is 0.472. The van der Waals surface area contributed by atoms with Crippen LogP contribution >= 0.6 is 0 Å². The van der Waals surface area contributed by atoms with Crippen LogP contribution in [0.3, 0.4) is 0 Å². The molecule has 1 amide bonds. The van der Waals surface area contributed by atoms with Crippen LogP contribution in [0.2, 0.25) is 0 Å². The smallest absolute Gasteiger partial charge is 0.278 e. The minimum Gasteiger partial charge on any atom is -0.872 e. The molecule has 3 rings (SSSR count). The number of nitro groups is 1. The standard InChI is InChI=1S/C16H13N7O4/c24-13-6-7-14(23(26)27)12(8-13)9-17-18-15(25)10-22-20-16(19-21-22)11-4-2-1-3-5-11/h1-9,24H,10H2,(H,18,25)/p-1/b17-9-. The van der Waals surface area contributed by atoms with Crippen LogP contribution in [-0.4, -0.2) is 37.3 Å². The summed E-state index contributed by atoms with van der Waals surface area (Å²) in [6, 6.07) is 12.3. The SMILES string of the molecule is O=C(Cn1nnc(-c2ccccc2)n1)N/N=C\c1cc([O-])ccc1[N+](=O)[O-]. The van der Waals surface area contributed by atoms with Crippen molar-refractivity contribution in [2.24, 2.45) is 5.10 Å². The molecule has 0 atom stereocenters. The molecular formula is C16H12N7O4-. The van der Waals surface area contributed by atoms with Crippen LogP contribution in [0, 0.1) is 10.1 Å². The first-order chi connectivity index (χ1) is 13.0. The maximum atomic E-state index is 11.9. The lowest BCUT2D eigenvalue weighted by Crippen LogP contribution is -2.24. The van der Waals surface area contributed by atoms with Crippen molar-refractivity contribution in [3.63, 3.8) is 0 Å². The summed E-state index contributed by atoms with van der Waals surface area (Å²) in [4.78, 5) is 23.2. The molecule has 1 heterocycles. The van der Waals surface area contributed by atoms with E-state index in [-0.39, 0.29) is 17.8 Å². The number of hydrogen-bond acceptors (Lipinski definition) is 8. The molecule has 11 nitrogen and oxygen atoms in total. The van der Waals surface area contributed by atoms with Gasteiger partial charge in [0.25, 0.3) is 11.6 Å². The van der Waals surface area contributed by atoms with E-state index >= 15 is 0 Å². The van der Waals surface area contributed by atoms with Crippen LogP contribution < -0.4 is 10.5 Å². The first kappa shape index (κ1) is 17.7. The second-order valence-electron chi connectivity index (χ2n) is 5.28. The normalized spacial score (nSPS) is 10.8. The van der Waals surface area contributed by atoms with Gasteiger partial charge in [0.05, 0.1) is 16.7 Å². The Kier molecular flexibility index (Phi) is 5.12. The van der Waals surface area contributed by atoms with Crippen LogP contribution in [0.1, 0.15) is 5.56 Å². The number of nitro benzene ring substituents is 1. The number of carbonyl (C=O) groups excluding carboxylic acids is 1. The van der Waals surface area contributed by atoms with Crippen molar-refractivity contribution in [3.05, 3.63) is 64.2 Å². The van der Waals surface area contributed by atoms with Gasteiger partial charge in [0.2, 0.25) is 5.82 Å². The molecule has 0 fully saturated rings. The first-order valence-electron chi connectivity index (χ1n) is 7.63. The number of hydrogen-bond donors (Lipinski definition) is 1. The number of nitrogens with zero attached hydrogens (tertiary/aromatic N) is 6. The van der Waals surface area contributed by atoms with Gasteiger partial charge in [0, 0.05) is 11.6 Å². The fourth-order valence-electron chi connectivity index (χ4n) is 2.15. The van der Waals surface area contributed by atoms with Crippen molar-refractivity contribution in [1.29, 1.82) is 0 Å². The monoisotopic (exact) mass is 366 g/mol. The van der Waals surface area contributed by atoms with E-state index in [9.17, 15) is 20.0 Å². The number of nitrogens with one attached hydrogen (secondary N) is 1. The third-order valence-electron chi connectivity index (χ3n) is 3.36. The Morgan fingerprint density at radius 2 is 2.04 bits per heavy atom. The van der Waals surface area contributed by atoms with Crippen LogP contribution in [0.5, 0.6) is 5.75 Å². The zero-order valence-corrected chi connectivity index (χ0v) is 13.7. The summed E-state index contributed by atoms with van der Waals surface area (Å²) in [6.07, 6.45) is 1.03. The largest absolute Gasteiger partial charge is 0.872 e. The molecule has 0 unspecified atom stereocenters. The van der Waals surface area contributed by atoms with Crippen molar-refractivity contribution < 1.29 is 14.8 Å². The minimum absolute atomic E-state index is 0.0157. The lowest BCUT2D eigenvalue weighted by atomic mass is 10.2. The maximum absolute atomic E-state index is 11.9. The second kappa shape index (κ2) is 7.82. The molecule has 0 radical (unpaired) electrons. The van der Waals surface area contributed by atoms with E-state index < -0.39 is 16.6 Å². The van der Waals surface area contributed by atoms with E-state index in [0.717, 1.165) is 34.8 Å². The van der Waals surface area contributed by atoms with Gasteiger partial charge in [-0.3, -0.25) is 14.9 Å². The molecular weight excluding hydrogens is 354 g/mol. The summed E-state index contributed by atoms with van der Waals surface area (Å²) in [5, 5.41) is 37.6. The van der Waals surface area contributed by atoms with E-state index in [4.69, 9.17) is 0 Å². The third-order valence-corrected chi connectivity index (χ3v) is 3.36. The number of hydrazone groups is 1. The average Bonchev–Trinajstić information content (AvgIpc) is 3.10. The maximum Gasteiger partial charge on any atom is 0.278 e. The molecule has 2 aromatic carbocycles. The van der Waals surface area contributed by atoms with Gasteiger partial charge in [-0.2, -0.15) is 9.90 Å². The van der Waals surface area contributed by atoms with Gasteiger partial charge >= 0.3 is 0 Å². The molecule has 1 N–H and O–H groups in total. The average molecular weight is 366 g/mol. The molecule has 3 aromatic rings. The van der Waals surface area contributed by atoms with Gasteiger partial charge in [-0.1, -0.05) is 42.5 Å². The molecule has 0 saturated heterocycles. The molecule has 0 bridgehead atoms. The Morgan fingerprint density at radius 3 is 2.78 bits per heavy atom. The summed E-state index contributed by atoms with van der Waals surface area (Å²) in [6.45, 7) is -0.249. The van der Waals surface area contributed by atoms with E-state index in [1.54, 1.807) is 0 Å². The van der Waals surface area contributed by atoms with Crippen LogP contribution in [-0.2, 0) is 11.3 Å². The number of tetrazole rings is 1. The summed E-state index contributed by atoms with van der Waals surface area (Å²) >= 11 is 0. The zero-order valence-electron chi connectivity index (χ0n) is 13.7. The number of amides is 1. The molecule has 0 spiro atoms. The van der Waals surface area contributed by atoms with E-state index in [1.807, 2.05) is 30.3 Å². The molecule has 1 aromatic heterocycles. The highest BCUT2D eigenvalue weighted by Crippen LogP contribution is 2.20. The van der Waals surface area contributed by atoms with E-state index in [2.05, 4.69) is 25.9 Å². The quantitative estimate of drug-likeness (QED) is 0.378. The molecule has 0 aliphatic carbocycles. The van der Waals surface area contributed by atoms with Crippen LogP contribution in [0.4, 0.5) is 5.69 Å². The van der Waals surface area contributed by atoms with Gasteiger partial charge in [0.15, 0.2) is 0 Å². The van der Waals surface area contributed by atoms with Gasteiger partial charge < -0.3 is 5.11 Å². The lowest BCUT2D eigenvalue weighted by molar-refractivity contribution is -0.385. The molecule has 0 aliphatic heterocycles. The zero-order chi connectivity index (χ0) is 19.2. The molecule has 136 valence electrons. The molecule has 27 heavy (non-hydrogen) atoms. The van der Waals surface area contributed by atoms with E-state index in [0.29, 0.717) is 5.82 Å². The summed E-state index contributed by atoms with van der Waals surface area (Å²) in [5.74, 6) is -0.604. The van der Waals surface area contributed by atoms with Crippen LogP contribution in [0.15, 0.2) is 53.6 Å². The highest BCUT2D eigenvalue weighted by molar-refractivity contribution is 5.87. The highest BCUT2D eigenvalue weighted by Gasteiger charge is 2.11. The summed E-state index contributed by atoms with van der Waals surface area (Å²) < 4.78 is 0. The first-order valence-corrected chi connectivity index (χ1v) is 7.63. The molecule has 0 aliphatic rings. The Balaban J connectivity index is 1.62. The fourth-order valence-corrected chi connectivity index (χ4v) is 2.15. The van der Waals surface area contributed by atoms with E-state index in [1.165, 1.54) is 0 Å². The van der Waals surface area contributed by atoms with Crippen molar-refractivity contribution >= 4 is 17.8 Å². The van der Waals surface area contributed by atoms with Crippen molar-refractivity contribution in [2.75, 3.05) is 0 Å². The second-order valence-corrected chi connectivity index (χ2v) is 5.28. The Labute approximate surface area is 152 Å². The number of carbonyl (C=O) groups is 1. The van der Waals surface area contributed by atoms with Crippen molar-refractivity contribution in [3.8, 4) is 17.1 Å². The third kappa shape index (κ3) is 4.48. The Hall–Kier alpha value is -4.15. The number of benzene rings is 2. The van der Waals surface area contributed by atoms with Crippen molar-refractivity contribution in [1.82, 2.24) is 25.6 Å². The van der Waals surface area contributed by atoms with Crippen LogP contribution in [0.25, 0.3) is 11.4 Å². The van der Waals surface area contributed by atoms with Gasteiger partial charge in [0.1, 0.15) is 6.54 Å². The fraction of sp³-hybridized carbons (Fsp3) is 0.0625. The van der Waals surface area contributed by atoms with Gasteiger partial charge in [-0.05, 0) is 5.21 Å². The van der Waals surface area contributed by atoms with Crippen molar-refractivity contribution in [2.45, 2.75) is 6.54 Å². The topological polar surface area (TPSA) is 151 Å². The van der Waals surface area contributed by atoms with Gasteiger partial charge in [-0.25, -0.2) is 5.43 Å². The minimum atomic E-state index is -0.646. The lowest BCUT2D eigenvalue weighted by Gasteiger charge is -2.05. The van der Waals surface area contributed by atoms with Gasteiger partial charge in [-0.15, -0.1) is 15.9 Å². The summed E-state index contributed by atoms with van der Waals surface area (Å²) in [7, 11) is 0. The Morgan fingerprint density at radius 1 is 1.26 bits per heavy atom. The number of aromatic nitrogens is 4. The summed E-state index contributed by atoms with van der Waals surface area (Å²) in [5.41, 5.74) is 2.64.